The summed E-state index contributed by atoms with van der Waals surface area (Å²) < 4.78 is 0. The molecule has 0 aliphatic carbocycles. The van der Waals surface area contributed by atoms with Gasteiger partial charge in [-0.2, -0.15) is 0 Å². The molecule has 0 fully saturated rings. The minimum absolute atomic E-state index is 0.0748. The predicted octanol–water partition coefficient (Wildman–Crippen LogP) is 4.90. The van der Waals surface area contributed by atoms with E-state index in [1.54, 1.807) is 11.8 Å². The first kappa shape index (κ1) is 17.4. The summed E-state index contributed by atoms with van der Waals surface area (Å²) in [6.45, 7) is 3.22. The summed E-state index contributed by atoms with van der Waals surface area (Å²) in [5.41, 5.74) is 2.67. The first-order valence-corrected chi connectivity index (χ1v) is 9.13. The molecule has 2 aromatic rings. The number of unbranched alkanes of at least 4 members (excludes halogenated alkanes) is 1. The molecule has 0 saturated heterocycles. The number of carbonyl (C=O) groups excluding carboxylic acids is 1. The molecule has 23 heavy (non-hydrogen) atoms. The van der Waals surface area contributed by atoms with Crippen molar-refractivity contribution in [3.05, 3.63) is 54.1 Å². The normalized spacial score (nSPS) is 10.4. The fourth-order valence-electron chi connectivity index (χ4n) is 2.33. The molecule has 3 nitrogen and oxygen atoms in total. The van der Waals surface area contributed by atoms with Crippen LogP contribution in [0.2, 0.25) is 0 Å². The quantitative estimate of drug-likeness (QED) is 0.734. The van der Waals surface area contributed by atoms with Crippen LogP contribution in [0.1, 0.15) is 30.1 Å². The van der Waals surface area contributed by atoms with Gasteiger partial charge in [0.25, 0.3) is 5.91 Å². The number of amides is 1. The number of carbonyl (C=O) groups is 1. The summed E-state index contributed by atoms with van der Waals surface area (Å²) >= 11 is 1.63. The highest BCUT2D eigenvalue weighted by Crippen LogP contribution is 2.25. The number of benzene rings is 2. The van der Waals surface area contributed by atoms with Crippen LogP contribution in [0.4, 0.5) is 11.4 Å². The Hall–Kier alpha value is -1.94. The Balaban J connectivity index is 2.05. The molecule has 0 saturated carbocycles. The molecular formula is C19H24N2OS. The highest BCUT2D eigenvalue weighted by Gasteiger charge is 2.09. The zero-order chi connectivity index (χ0) is 16.7. The van der Waals surface area contributed by atoms with Gasteiger partial charge in [0.2, 0.25) is 0 Å². The topological polar surface area (TPSA) is 32.3 Å². The van der Waals surface area contributed by atoms with Crippen molar-refractivity contribution in [3.63, 3.8) is 0 Å². The average Bonchev–Trinajstić information content (AvgIpc) is 2.60. The Morgan fingerprint density at radius 2 is 1.83 bits per heavy atom. The van der Waals surface area contributed by atoms with E-state index in [-0.39, 0.29) is 5.91 Å². The fraction of sp³-hybridized carbons (Fsp3) is 0.316. The Labute approximate surface area is 143 Å². The largest absolute Gasteiger partial charge is 0.375 e. The van der Waals surface area contributed by atoms with Crippen molar-refractivity contribution in [2.24, 2.45) is 0 Å². The van der Waals surface area contributed by atoms with Gasteiger partial charge in [-0.05, 0) is 49.1 Å². The molecule has 0 unspecified atom stereocenters. The van der Waals surface area contributed by atoms with Crippen molar-refractivity contribution in [3.8, 4) is 0 Å². The predicted molar refractivity (Wildman–Crippen MR) is 101 cm³/mol. The fourth-order valence-corrected chi connectivity index (χ4v) is 2.89. The molecule has 122 valence electrons. The number of anilines is 2. The van der Waals surface area contributed by atoms with E-state index in [1.807, 2.05) is 54.8 Å². The van der Waals surface area contributed by atoms with Crippen LogP contribution in [-0.4, -0.2) is 25.8 Å². The maximum Gasteiger partial charge on any atom is 0.255 e. The smallest absolute Gasteiger partial charge is 0.255 e. The summed E-state index contributed by atoms with van der Waals surface area (Å²) in [4.78, 5) is 15.7. The van der Waals surface area contributed by atoms with Crippen LogP contribution in [-0.2, 0) is 0 Å². The van der Waals surface area contributed by atoms with Gasteiger partial charge < -0.3 is 10.2 Å². The second-order valence-electron chi connectivity index (χ2n) is 5.48. The molecule has 0 atom stereocenters. The van der Waals surface area contributed by atoms with E-state index in [9.17, 15) is 4.79 Å². The second kappa shape index (κ2) is 8.63. The number of thioether (sulfide) groups is 1. The van der Waals surface area contributed by atoms with Crippen molar-refractivity contribution in [2.75, 3.05) is 30.1 Å². The molecule has 0 aromatic heterocycles. The second-order valence-corrected chi connectivity index (χ2v) is 6.32. The number of rotatable bonds is 7. The maximum absolute atomic E-state index is 12.4. The van der Waals surface area contributed by atoms with E-state index < -0.39 is 0 Å². The third-order valence-corrected chi connectivity index (χ3v) is 4.57. The molecule has 0 heterocycles. The van der Waals surface area contributed by atoms with Gasteiger partial charge in [-0.15, -0.1) is 11.8 Å². The molecule has 2 aromatic carbocycles. The van der Waals surface area contributed by atoms with Crippen molar-refractivity contribution < 1.29 is 4.79 Å². The van der Waals surface area contributed by atoms with Crippen molar-refractivity contribution in [1.82, 2.24) is 0 Å². The molecule has 1 N–H and O–H groups in total. The molecule has 0 aliphatic heterocycles. The lowest BCUT2D eigenvalue weighted by Crippen LogP contribution is -2.18. The standard InChI is InChI=1S/C19H24N2OS/c1-4-5-14-21(2)16-12-10-15(11-13-16)19(22)20-17-8-6-7-9-18(17)23-3/h6-13H,4-5,14H2,1-3H3,(H,20,22). The van der Waals surface area contributed by atoms with Crippen molar-refractivity contribution >= 4 is 29.0 Å². The van der Waals surface area contributed by atoms with E-state index in [0.29, 0.717) is 5.56 Å². The van der Waals surface area contributed by atoms with Crippen molar-refractivity contribution in [1.29, 1.82) is 0 Å². The lowest BCUT2D eigenvalue weighted by molar-refractivity contribution is 0.102. The number of hydrogen-bond acceptors (Lipinski definition) is 3. The van der Waals surface area contributed by atoms with Gasteiger partial charge in [-0.1, -0.05) is 25.5 Å². The molecule has 4 heteroatoms. The van der Waals surface area contributed by atoms with Gasteiger partial charge in [0.1, 0.15) is 0 Å². The highest BCUT2D eigenvalue weighted by molar-refractivity contribution is 7.98. The molecule has 0 aliphatic rings. The zero-order valence-electron chi connectivity index (χ0n) is 14.0. The number of para-hydroxylation sites is 1. The summed E-state index contributed by atoms with van der Waals surface area (Å²) in [6, 6.07) is 15.6. The SMILES string of the molecule is CCCCN(C)c1ccc(C(=O)Nc2ccccc2SC)cc1. The molecule has 1 amide bonds. The zero-order valence-corrected chi connectivity index (χ0v) is 14.8. The monoisotopic (exact) mass is 328 g/mol. The Bertz CT molecular complexity index is 640. The van der Waals surface area contributed by atoms with Gasteiger partial charge in [0.05, 0.1) is 5.69 Å². The van der Waals surface area contributed by atoms with E-state index in [1.165, 1.54) is 12.8 Å². The van der Waals surface area contributed by atoms with E-state index in [0.717, 1.165) is 22.8 Å². The number of hydrogen-bond donors (Lipinski definition) is 1. The van der Waals surface area contributed by atoms with Crippen LogP contribution in [0.15, 0.2) is 53.4 Å². The molecule has 0 spiro atoms. The highest BCUT2D eigenvalue weighted by atomic mass is 32.2. The average molecular weight is 328 g/mol. The van der Waals surface area contributed by atoms with Crippen LogP contribution < -0.4 is 10.2 Å². The number of nitrogens with zero attached hydrogens (tertiary/aromatic N) is 1. The third kappa shape index (κ3) is 4.76. The summed E-state index contributed by atoms with van der Waals surface area (Å²) in [5, 5.41) is 2.99. The van der Waals surface area contributed by atoms with Gasteiger partial charge in [-0.25, -0.2) is 0 Å². The molecule has 0 radical (unpaired) electrons. The van der Waals surface area contributed by atoms with Crippen molar-refractivity contribution in [2.45, 2.75) is 24.7 Å². The number of nitrogens with one attached hydrogen (secondary N) is 1. The summed E-state index contributed by atoms with van der Waals surface area (Å²) in [5.74, 6) is -0.0748. The summed E-state index contributed by atoms with van der Waals surface area (Å²) in [6.07, 6.45) is 4.36. The third-order valence-electron chi connectivity index (χ3n) is 3.77. The van der Waals surface area contributed by atoms with E-state index in [2.05, 4.69) is 24.2 Å². The van der Waals surface area contributed by atoms with Gasteiger partial charge >= 0.3 is 0 Å². The summed E-state index contributed by atoms with van der Waals surface area (Å²) in [7, 11) is 2.08. The van der Waals surface area contributed by atoms with Gasteiger partial charge in [0.15, 0.2) is 0 Å². The van der Waals surface area contributed by atoms with Crippen LogP contribution in [0.25, 0.3) is 0 Å². The Morgan fingerprint density at radius 1 is 1.13 bits per heavy atom. The van der Waals surface area contributed by atoms with Crippen LogP contribution in [0, 0.1) is 0 Å². The lowest BCUT2D eigenvalue weighted by atomic mass is 10.1. The lowest BCUT2D eigenvalue weighted by Gasteiger charge is -2.19. The van der Waals surface area contributed by atoms with Gasteiger partial charge in [0, 0.05) is 29.7 Å². The van der Waals surface area contributed by atoms with E-state index in [4.69, 9.17) is 0 Å². The Morgan fingerprint density at radius 3 is 2.48 bits per heavy atom. The van der Waals surface area contributed by atoms with Crippen LogP contribution in [0.3, 0.4) is 0 Å². The Kier molecular flexibility index (Phi) is 6.53. The molecular weight excluding hydrogens is 304 g/mol. The molecule has 2 rings (SSSR count). The first-order valence-electron chi connectivity index (χ1n) is 7.91. The first-order chi connectivity index (χ1) is 11.2. The maximum atomic E-state index is 12.4. The minimum Gasteiger partial charge on any atom is -0.375 e. The van der Waals surface area contributed by atoms with Gasteiger partial charge in [-0.3, -0.25) is 4.79 Å². The molecule has 0 bridgehead atoms. The minimum atomic E-state index is -0.0748. The van der Waals surface area contributed by atoms with Crippen LogP contribution in [0.5, 0.6) is 0 Å². The van der Waals surface area contributed by atoms with E-state index >= 15 is 0 Å². The van der Waals surface area contributed by atoms with Crippen LogP contribution >= 0.6 is 11.8 Å².